The number of H-pyrrole nitrogens is 1. The van der Waals surface area contributed by atoms with E-state index >= 15 is 0 Å². The molecule has 0 saturated carbocycles. The number of nitrogens with zero attached hydrogens (tertiary/aromatic N) is 3. The number of carbonyl (C=O) groups excluding carboxylic acids is 1. The SMILES string of the molecule is O=C(CSc1n[nH]c(=O)n1CCc1ccccc1)NCC1CN(Cc2ccccc2)CCO1. The monoisotopic (exact) mass is 467 g/mol. The number of morpholine rings is 1. The summed E-state index contributed by atoms with van der Waals surface area (Å²) < 4.78 is 7.41. The van der Waals surface area contributed by atoms with Crippen molar-refractivity contribution < 1.29 is 9.53 Å². The van der Waals surface area contributed by atoms with E-state index < -0.39 is 0 Å². The fraction of sp³-hybridized carbons (Fsp3) is 0.375. The number of hydrogen-bond donors (Lipinski definition) is 2. The molecular weight excluding hydrogens is 438 g/mol. The summed E-state index contributed by atoms with van der Waals surface area (Å²) in [4.78, 5) is 26.9. The smallest absolute Gasteiger partial charge is 0.343 e. The quantitative estimate of drug-likeness (QED) is 0.443. The van der Waals surface area contributed by atoms with Crippen LogP contribution in [-0.4, -0.2) is 63.7 Å². The van der Waals surface area contributed by atoms with E-state index in [1.54, 1.807) is 4.57 Å². The van der Waals surface area contributed by atoms with Crippen LogP contribution in [0.1, 0.15) is 11.1 Å². The third-order valence-corrected chi connectivity index (χ3v) is 6.50. The van der Waals surface area contributed by atoms with Gasteiger partial charge >= 0.3 is 5.69 Å². The number of amides is 1. The number of ether oxygens (including phenoxy) is 1. The molecular formula is C24H29N5O3S. The second-order valence-corrected chi connectivity index (χ2v) is 8.95. The molecule has 1 unspecified atom stereocenters. The molecule has 0 radical (unpaired) electrons. The number of nitrogens with one attached hydrogen (secondary N) is 2. The fourth-order valence-electron chi connectivity index (χ4n) is 3.79. The number of carbonyl (C=O) groups is 1. The van der Waals surface area contributed by atoms with E-state index in [9.17, 15) is 9.59 Å². The molecule has 8 nitrogen and oxygen atoms in total. The van der Waals surface area contributed by atoms with Crippen LogP contribution in [0.15, 0.2) is 70.6 Å². The zero-order valence-corrected chi connectivity index (χ0v) is 19.3. The maximum atomic E-state index is 12.4. The molecule has 0 bridgehead atoms. The Bertz CT molecular complexity index is 1070. The molecule has 1 saturated heterocycles. The van der Waals surface area contributed by atoms with Gasteiger partial charge in [0.1, 0.15) is 0 Å². The van der Waals surface area contributed by atoms with E-state index in [4.69, 9.17) is 4.74 Å². The number of aryl methyl sites for hydroxylation is 1. The van der Waals surface area contributed by atoms with Crippen molar-refractivity contribution in [2.45, 2.75) is 30.8 Å². The van der Waals surface area contributed by atoms with Crippen molar-refractivity contribution in [2.75, 3.05) is 32.0 Å². The summed E-state index contributed by atoms with van der Waals surface area (Å²) in [7, 11) is 0. The van der Waals surface area contributed by atoms with Gasteiger partial charge in [-0.15, -0.1) is 5.10 Å². The molecule has 2 heterocycles. The average molecular weight is 468 g/mol. The van der Waals surface area contributed by atoms with Crippen molar-refractivity contribution in [3.05, 3.63) is 82.3 Å². The summed E-state index contributed by atoms with van der Waals surface area (Å²) in [6.07, 6.45) is 0.685. The summed E-state index contributed by atoms with van der Waals surface area (Å²) in [6.45, 7) is 4.17. The minimum atomic E-state index is -0.261. The molecule has 1 aliphatic rings. The molecule has 9 heteroatoms. The van der Waals surface area contributed by atoms with Crippen molar-refractivity contribution >= 4 is 17.7 Å². The highest BCUT2D eigenvalue weighted by atomic mass is 32.2. The topological polar surface area (TPSA) is 92.2 Å². The lowest BCUT2D eigenvalue weighted by Gasteiger charge is -2.33. The molecule has 2 N–H and O–H groups in total. The maximum absolute atomic E-state index is 12.4. The number of aromatic nitrogens is 3. The Morgan fingerprint density at radius 3 is 2.61 bits per heavy atom. The summed E-state index contributed by atoms with van der Waals surface area (Å²) in [5.74, 6) is 0.0876. The molecule has 3 aromatic rings. The van der Waals surface area contributed by atoms with E-state index in [0.717, 1.165) is 31.6 Å². The van der Waals surface area contributed by atoms with Crippen molar-refractivity contribution in [3.8, 4) is 0 Å². The minimum Gasteiger partial charge on any atom is -0.374 e. The maximum Gasteiger partial charge on any atom is 0.343 e. The van der Waals surface area contributed by atoms with Gasteiger partial charge in [-0.25, -0.2) is 9.89 Å². The van der Waals surface area contributed by atoms with Crippen LogP contribution in [0.2, 0.25) is 0 Å². The minimum absolute atomic E-state index is 0.0363. The standard InChI is InChI=1S/C24H29N5O3S/c30-22(25-15-21-17-28(13-14-32-21)16-20-9-5-2-6-10-20)18-33-24-27-26-23(31)29(24)12-11-19-7-3-1-4-8-19/h1-10,21H,11-18H2,(H,25,30)(H,26,31). The Kier molecular flexibility index (Phi) is 8.35. The molecule has 174 valence electrons. The van der Waals surface area contributed by atoms with Gasteiger partial charge in [0, 0.05) is 32.7 Å². The van der Waals surface area contributed by atoms with Gasteiger partial charge in [-0.1, -0.05) is 72.4 Å². The fourth-order valence-corrected chi connectivity index (χ4v) is 4.60. The summed E-state index contributed by atoms with van der Waals surface area (Å²) >= 11 is 1.26. The van der Waals surface area contributed by atoms with E-state index in [0.29, 0.717) is 24.9 Å². The first-order valence-corrected chi connectivity index (χ1v) is 12.1. The zero-order chi connectivity index (χ0) is 22.9. The number of benzene rings is 2. The normalized spacial score (nSPS) is 16.5. The Morgan fingerprint density at radius 1 is 1.12 bits per heavy atom. The summed E-state index contributed by atoms with van der Waals surface area (Å²) in [5, 5.41) is 10.0. The molecule has 0 spiro atoms. The van der Waals surface area contributed by atoms with Crippen LogP contribution in [0, 0.1) is 0 Å². The van der Waals surface area contributed by atoms with Crippen molar-refractivity contribution in [2.24, 2.45) is 0 Å². The van der Waals surface area contributed by atoms with Crippen LogP contribution >= 0.6 is 11.8 Å². The largest absolute Gasteiger partial charge is 0.374 e. The molecule has 1 aliphatic heterocycles. The third kappa shape index (κ3) is 7.05. The zero-order valence-electron chi connectivity index (χ0n) is 18.5. The van der Waals surface area contributed by atoms with Crippen molar-refractivity contribution in [3.63, 3.8) is 0 Å². The van der Waals surface area contributed by atoms with Crippen LogP contribution in [0.4, 0.5) is 0 Å². The lowest BCUT2D eigenvalue weighted by Crippen LogP contribution is -2.47. The predicted molar refractivity (Wildman–Crippen MR) is 128 cm³/mol. The number of rotatable bonds is 10. The van der Waals surface area contributed by atoms with Gasteiger partial charge in [-0.05, 0) is 17.5 Å². The van der Waals surface area contributed by atoms with Gasteiger partial charge in [0.15, 0.2) is 5.16 Å². The van der Waals surface area contributed by atoms with Crippen molar-refractivity contribution in [1.29, 1.82) is 0 Å². The average Bonchev–Trinajstić information content (AvgIpc) is 3.21. The van der Waals surface area contributed by atoms with Gasteiger partial charge < -0.3 is 10.1 Å². The molecule has 33 heavy (non-hydrogen) atoms. The highest BCUT2D eigenvalue weighted by Crippen LogP contribution is 2.14. The molecule has 1 amide bonds. The molecule has 1 atom stereocenters. The third-order valence-electron chi connectivity index (χ3n) is 5.52. The Hall–Kier alpha value is -2.88. The van der Waals surface area contributed by atoms with Crippen molar-refractivity contribution in [1.82, 2.24) is 25.0 Å². The van der Waals surface area contributed by atoms with E-state index in [1.807, 2.05) is 48.5 Å². The van der Waals surface area contributed by atoms with E-state index in [-0.39, 0.29) is 23.5 Å². The Balaban J connectivity index is 1.21. The molecule has 1 fully saturated rings. The van der Waals surface area contributed by atoms with Crippen LogP contribution < -0.4 is 11.0 Å². The van der Waals surface area contributed by atoms with Gasteiger partial charge in [-0.2, -0.15) is 0 Å². The highest BCUT2D eigenvalue weighted by Gasteiger charge is 2.21. The van der Waals surface area contributed by atoms with Crippen LogP contribution in [-0.2, 0) is 29.0 Å². The molecule has 0 aliphatic carbocycles. The Labute approximate surface area is 197 Å². The van der Waals surface area contributed by atoms with Gasteiger partial charge in [0.05, 0.1) is 18.5 Å². The first-order valence-electron chi connectivity index (χ1n) is 11.1. The summed E-state index contributed by atoms with van der Waals surface area (Å²) in [5.41, 5.74) is 2.16. The second kappa shape index (κ2) is 11.8. The molecule has 1 aromatic heterocycles. The van der Waals surface area contributed by atoms with Crippen LogP contribution in [0.25, 0.3) is 0 Å². The second-order valence-electron chi connectivity index (χ2n) is 8.00. The first kappa shape index (κ1) is 23.3. The predicted octanol–water partition coefficient (Wildman–Crippen LogP) is 1.92. The number of aromatic amines is 1. The number of hydrogen-bond acceptors (Lipinski definition) is 6. The number of thioether (sulfide) groups is 1. The van der Waals surface area contributed by atoms with Crippen LogP contribution in [0.5, 0.6) is 0 Å². The Morgan fingerprint density at radius 2 is 1.85 bits per heavy atom. The molecule has 2 aromatic carbocycles. The highest BCUT2D eigenvalue weighted by molar-refractivity contribution is 7.99. The van der Waals surface area contributed by atoms with Crippen LogP contribution in [0.3, 0.4) is 0 Å². The summed E-state index contributed by atoms with van der Waals surface area (Å²) in [6, 6.07) is 20.3. The lowest BCUT2D eigenvalue weighted by atomic mass is 10.1. The van der Waals surface area contributed by atoms with E-state index in [2.05, 4.69) is 32.5 Å². The van der Waals surface area contributed by atoms with Gasteiger partial charge in [0.2, 0.25) is 5.91 Å². The lowest BCUT2D eigenvalue weighted by molar-refractivity contribution is -0.119. The van der Waals surface area contributed by atoms with E-state index in [1.165, 1.54) is 17.3 Å². The van der Waals surface area contributed by atoms with Gasteiger partial charge in [0.25, 0.3) is 0 Å². The van der Waals surface area contributed by atoms with Gasteiger partial charge in [-0.3, -0.25) is 14.3 Å². The first-order chi connectivity index (χ1) is 16.2. The molecule has 4 rings (SSSR count).